The number of hydrogen-bond acceptors (Lipinski definition) is 5. The zero-order chi connectivity index (χ0) is 13.4. The molecule has 0 amide bonds. The first-order valence-electron chi connectivity index (χ1n) is 5.05. The van der Waals surface area contributed by atoms with Gasteiger partial charge in [0.2, 0.25) is 0 Å². The molecule has 0 aliphatic heterocycles. The van der Waals surface area contributed by atoms with E-state index in [1.165, 1.54) is 11.8 Å². The van der Waals surface area contributed by atoms with Crippen molar-refractivity contribution in [2.75, 3.05) is 11.5 Å². The predicted octanol–water partition coefficient (Wildman–Crippen LogP) is 2.39. The van der Waals surface area contributed by atoms with Crippen molar-refractivity contribution >= 4 is 21.8 Å². The molecular weight excluding hydrogens is 266 g/mol. The number of hydrogen-bond donors (Lipinski definition) is 1. The van der Waals surface area contributed by atoms with Gasteiger partial charge in [-0.3, -0.25) is 0 Å². The first-order chi connectivity index (χ1) is 8.65. The van der Waals surface area contributed by atoms with E-state index in [0.29, 0.717) is 5.75 Å². The van der Waals surface area contributed by atoms with Gasteiger partial charge in [-0.05, 0) is 12.1 Å². The number of nitriles is 3. The van der Waals surface area contributed by atoms with Crippen LogP contribution in [0.4, 0.5) is 0 Å². The minimum Gasteiger partial charge on any atom is -0.391 e. The highest BCUT2D eigenvalue weighted by molar-refractivity contribution is 8.44. The van der Waals surface area contributed by atoms with Crippen molar-refractivity contribution in [3.05, 3.63) is 30.3 Å². The van der Waals surface area contributed by atoms with Gasteiger partial charge in [-0.25, -0.2) is 0 Å². The fourth-order valence-corrected chi connectivity index (χ4v) is 3.26. The molecule has 0 aromatic heterocycles. The number of nitrogens with zero attached hydrogens (tertiary/aromatic N) is 3. The Morgan fingerprint density at radius 2 is 1.67 bits per heavy atom. The highest BCUT2D eigenvalue weighted by Gasteiger charge is 2.27. The lowest BCUT2D eigenvalue weighted by Gasteiger charge is -2.18. The van der Waals surface area contributed by atoms with E-state index < -0.39 is 16.1 Å². The van der Waals surface area contributed by atoms with Crippen molar-refractivity contribution < 1.29 is 5.11 Å². The van der Waals surface area contributed by atoms with Crippen molar-refractivity contribution in [1.29, 1.82) is 15.8 Å². The average molecular weight is 277 g/mol. The molecule has 0 fully saturated rings. The normalized spacial score (nSPS) is 12.8. The second-order valence-electron chi connectivity index (χ2n) is 3.46. The molecule has 1 unspecified atom stereocenters. The van der Waals surface area contributed by atoms with Gasteiger partial charge in [0.1, 0.15) is 16.2 Å². The van der Waals surface area contributed by atoms with E-state index in [-0.39, 0.29) is 5.75 Å². The largest absolute Gasteiger partial charge is 0.391 e. The van der Waals surface area contributed by atoms with Gasteiger partial charge < -0.3 is 5.11 Å². The van der Waals surface area contributed by atoms with Gasteiger partial charge in [0.05, 0.1) is 6.10 Å². The van der Waals surface area contributed by atoms with Crippen LogP contribution < -0.4 is 0 Å². The lowest BCUT2D eigenvalue weighted by Crippen LogP contribution is -2.18. The maximum atomic E-state index is 9.79. The molecule has 0 spiro atoms. The number of rotatable bonds is 5. The maximum absolute atomic E-state index is 9.79. The van der Waals surface area contributed by atoms with Gasteiger partial charge in [0.25, 0.3) is 0 Å². The first kappa shape index (κ1) is 14.4. The molecule has 6 heteroatoms. The molecular formula is C12H11N3OS2. The molecule has 1 atom stereocenters. The first-order valence-corrected chi connectivity index (χ1v) is 7.84. The standard InChI is InChI=1S/C12H11N3OS2/c13-8-18(9-14,10-15)7-11(16)6-17-12-4-2-1-3-5-12/h1-5,11,16H,6-7H2. The number of thioether (sulfide) groups is 1. The van der Waals surface area contributed by atoms with Gasteiger partial charge in [-0.15, -0.1) is 11.8 Å². The molecule has 0 aliphatic carbocycles. The minimum atomic E-state index is -2.66. The Kier molecular flexibility index (Phi) is 5.55. The Morgan fingerprint density at radius 1 is 1.11 bits per heavy atom. The summed E-state index contributed by atoms with van der Waals surface area (Å²) >= 11 is 1.44. The molecule has 1 aromatic rings. The molecule has 18 heavy (non-hydrogen) atoms. The van der Waals surface area contributed by atoms with Crippen LogP contribution in [0.15, 0.2) is 35.2 Å². The Bertz CT molecular complexity index is 477. The second kappa shape index (κ2) is 6.93. The molecule has 0 bridgehead atoms. The summed E-state index contributed by atoms with van der Waals surface area (Å²) in [5.74, 6) is 0.292. The van der Waals surface area contributed by atoms with Crippen molar-refractivity contribution in [3.63, 3.8) is 0 Å². The van der Waals surface area contributed by atoms with Crippen LogP contribution in [0.1, 0.15) is 0 Å². The maximum Gasteiger partial charge on any atom is 0.140 e. The Balaban J connectivity index is 2.54. The summed E-state index contributed by atoms with van der Waals surface area (Å²) in [7, 11) is -2.66. The molecule has 1 aromatic carbocycles. The van der Waals surface area contributed by atoms with Crippen LogP contribution in [0.3, 0.4) is 0 Å². The smallest absolute Gasteiger partial charge is 0.140 e. The summed E-state index contributed by atoms with van der Waals surface area (Å²) in [5.41, 5.74) is 0. The lowest BCUT2D eigenvalue weighted by atomic mass is 10.4. The highest BCUT2D eigenvalue weighted by atomic mass is 32.3. The summed E-state index contributed by atoms with van der Waals surface area (Å²) < 4.78 is 0. The third-order valence-electron chi connectivity index (χ3n) is 2.10. The topological polar surface area (TPSA) is 91.6 Å². The van der Waals surface area contributed by atoms with Crippen LogP contribution in [-0.2, 0) is 0 Å². The van der Waals surface area contributed by atoms with Gasteiger partial charge in [-0.2, -0.15) is 15.8 Å². The number of aliphatic hydroxyl groups excluding tert-OH is 1. The van der Waals surface area contributed by atoms with Crippen LogP contribution in [-0.4, -0.2) is 22.7 Å². The average Bonchev–Trinajstić information content (AvgIpc) is 2.44. The van der Waals surface area contributed by atoms with Gasteiger partial charge in [0.15, 0.2) is 0 Å². The Morgan fingerprint density at radius 3 is 2.17 bits per heavy atom. The molecule has 0 radical (unpaired) electrons. The van der Waals surface area contributed by atoms with Crippen LogP contribution in [0.25, 0.3) is 0 Å². The molecule has 1 N–H and O–H groups in total. The lowest BCUT2D eigenvalue weighted by molar-refractivity contribution is 0.225. The van der Waals surface area contributed by atoms with Crippen molar-refractivity contribution in [3.8, 4) is 16.2 Å². The van der Waals surface area contributed by atoms with E-state index in [1.54, 1.807) is 16.2 Å². The van der Waals surface area contributed by atoms with Gasteiger partial charge in [0, 0.05) is 26.4 Å². The Hall–Kier alpha value is -1.65. The van der Waals surface area contributed by atoms with Crippen LogP contribution >= 0.6 is 21.8 Å². The monoisotopic (exact) mass is 277 g/mol. The molecule has 4 nitrogen and oxygen atoms in total. The molecule has 92 valence electrons. The predicted molar refractivity (Wildman–Crippen MR) is 72.5 cm³/mol. The van der Waals surface area contributed by atoms with E-state index in [2.05, 4.69) is 0 Å². The van der Waals surface area contributed by atoms with Crippen molar-refractivity contribution in [2.24, 2.45) is 0 Å². The molecule has 0 aliphatic rings. The zero-order valence-electron chi connectivity index (χ0n) is 9.48. The molecule has 0 heterocycles. The van der Waals surface area contributed by atoms with E-state index in [4.69, 9.17) is 15.8 Å². The molecule has 1 rings (SSSR count). The van der Waals surface area contributed by atoms with Crippen molar-refractivity contribution in [1.82, 2.24) is 0 Å². The third-order valence-corrected chi connectivity index (χ3v) is 5.07. The van der Waals surface area contributed by atoms with Gasteiger partial charge in [-0.1, -0.05) is 18.2 Å². The van der Waals surface area contributed by atoms with Crippen LogP contribution in [0.2, 0.25) is 0 Å². The SMILES string of the molecule is N#CS(C#N)(C#N)CC(O)CSc1ccccc1. The minimum absolute atomic E-state index is 0.0731. The van der Waals surface area contributed by atoms with E-state index in [1.807, 2.05) is 30.3 Å². The Labute approximate surface area is 112 Å². The fraction of sp³-hybridized carbons (Fsp3) is 0.250. The summed E-state index contributed by atoms with van der Waals surface area (Å²) in [6.07, 6.45) is -0.829. The van der Waals surface area contributed by atoms with Gasteiger partial charge >= 0.3 is 0 Å². The number of thiocyanates is 3. The number of aliphatic hydroxyl groups is 1. The van der Waals surface area contributed by atoms with Crippen LogP contribution in [0.5, 0.6) is 0 Å². The molecule has 0 saturated heterocycles. The summed E-state index contributed by atoms with van der Waals surface area (Å²) in [6, 6.07) is 9.51. The fourth-order valence-electron chi connectivity index (χ4n) is 1.22. The second-order valence-corrected chi connectivity index (χ2v) is 6.91. The van der Waals surface area contributed by atoms with E-state index in [9.17, 15) is 5.11 Å². The number of benzene rings is 1. The van der Waals surface area contributed by atoms with E-state index in [0.717, 1.165) is 4.90 Å². The van der Waals surface area contributed by atoms with Crippen molar-refractivity contribution in [2.45, 2.75) is 11.0 Å². The van der Waals surface area contributed by atoms with E-state index >= 15 is 0 Å². The zero-order valence-corrected chi connectivity index (χ0v) is 11.1. The highest BCUT2D eigenvalue weighted by Crippen LogP contribution is 2.44. The van der Waals surface area contributed by atoms with Crippen LogP contribution in [0, 0.1) is 32.0 Å². The molecule has 0 saturated carbocycles. The quantitative estimate of drug-likeness (QED) is 0.659. The summed E-state index contributed by atoms with van der Waals surface area (Å²) in [5, 5.41) is 41.5. The summed E-state index contributed by atoms with van der Waals surface area (Å²) in [4.78, 5) is 1.00. The summed E-state index contributed by atoms with van der Waals surface area (Å²) in [6.45, 7) is 0. The third kappa shape index (κ3) is 3.98.